The van der Waals surface area contributed by atoms with Crippen LogP contribution in [0.15, 0.2) is 40.8 Å². The lowest BCUT2D eigenvalue weighted by atomic mass is 10.1. The number of hydrogen-bond donors (Lipinski definition) is 1. The van der Waals surface area contributed by atoms with Crippen molar-refractivity contribution >= 4 is 28.1 Å². The quantitative estimate of drug-likeness (QED) is 0.530. The van der Waals surface area contributed by atoms with Gasteiger partial charge in [-0.1, -0.05) is 0 Å². The molecule has 5 nitrogen and oxygen atoms in total. The Hall–Kier alpha value is -1.96. The number of furan rings is 1. The Morgan fingerprint density at radius 3 is 2.59 bits per heavy atom. The molecule has 2 heterocycles. The standard InChI is InChI=1S/C20H25N3O2S2/c1-23(2)12-16-8-9-17(25-16)13-26-11-10-18-22-19(20(21)27-18)14-4-6-15(24-3)7-5-14/h4-9H,10-13,21H2,1-3H3. The van der Waals surface area contributed by atoms with E-state index >= 15 is 0 Å². The number of aromatic nitrogens is 1. The van der Waals surface area contributed by atoms with Gasteiger partial charge in [0.1, 0.15) is 28.0 Å². The lowest BCUT2D eigenvalue weighted by molar-refractivity contribution is 0.344. The van der Waals surface area contributed by atoms with Crippen LogP contribution in [0, 0.1) is 0 Å². The van der Waals surface area contributed by atoms with E-state index in [4.69, 9.17) is 19.9 Å². The number of nitrogens with zero attached hydrogens (tertiary/aromatic N) is 2. The van der Waals surface area contributed by atoms with E-state index in [1.165, 1.54) is 0 Å². The summed E-state index contributed by atoms with van der Waals surface area (Å²) in [7, 11) is 5.74. The zero-order valence-corrected chi connectivity index (χ0v) is 17.5. The molecule has 0 radical (unpaired) electrons. The minimum Gasteiger partial charge on any atom is -0.497 e. The van der Waals surface area contributed by atoms with Crippen molar-refractivity contribution in [2.45, 2.75) is 18.7 Å². The van der Waals surface area contributed by atoms with Crippen molar-refractivity contribution < 1.29 is 9.15 Å². The summed E-state index contributed by atoms with van der Waals surface area (Å²) in [6.07, 6.45) is 0.904. The molecule has 0 aliphatic carbocycles. The van der Waals surface area contributed by atoms with E-state index < -0.39 is 0 Å². The maximum Gasteiger partial charge on any atom is 0.118 e. The number of thioether (sulfide) groups is 1. The van der Waals surface area contributed by atoms with Gasteiger partial charge in [-0.15, -0.1) is 11.3 Å². The number of aryl methyl sites for hydroxylation is 1. The number of anilines is 1. The molecule has 0 unspecified atom stereocenters. The highest BCUT2D eigenvalue weighted by Crippen LogP contribution is 2.32. The van der Waals surface area contributed by atoms with Gasteiger partial charge in [-0.05, 0) is 50.5 Å². The van der Waals surface area contributed by atoms with Crippen molar-refractivity contribution in [3.8, 4) is 17.0 Å². The van der Waals surface area contributed by atoms with Crippen molar-refractivity contribution in [2.24, 2.45) is 0 Å². The van der Waals surface area contributed by atoms with Gasteiger partial charge in [0.05, 0.1) is 24.4 Å². The van der Waals surface area contributed by atoms with Crippen molar-refractivity contribution in [3.05, 3.63) is 52.9 Å². The number of methoxy groups -OCH3 is 1. The first-order chi connectivity index (χ1) is 13.0. The topological polar surface area (TPSA) is 64.5 Å². The van der Waals surface area contributed by atoms with Crippen LogP contribution in [-0.4, -0.2) is 36.8 Å². The molecule has 2 N–H and O–H groups in total. The fourth-order valence-electron chi connectivity index (χ4n) is 2.67. The molecule has 0 aliphatic heterocycles. The smallest absolute Gasteiger partial charge is 0.118 e. The van der Waals surface area contributed by atoms with Crippen LogP contribution in [0.1, 0.15) is 16.5 Å². The highest BCUT2D eigenvalue weighted by molar-refractivity contribution is 7.98. The van der Waals surface area contributed by atoms with Crippen molar-refractivity contribution in [3.63, 3.8) is 0 Å². The lowest BCUT2D eigenvalue weighted by Crippen LogP contribution is -2.09. The third-order valence-corrected chi connectivity index (χ3v) is 5.88. The molecule has 27 heavy (non-hydrogen) atoms. The summed E-state index contributed by atoms with van der Waals surface area (Å²) < 4.78 is 11.0. The molecule has 1 aromatic carbocycles. The summed E-state index contributed by atoms with van der Waals surface area (Å²) in [5.41, 5.74) is 8.06. The number of benzene rings is 1. The Morgan fingerprint density at radius 1 is 1.15 bits per heavy atom. The highest BCUT2D eigenvalue weighted by Gasteiger charge is 2.11. The fourth-order valence-corrected chi connectivity index (χ4v) is 4.49. The lowest BCUT2D eigenvalue weighted by Gasteiger charge is -2.05. The van der Waals surface area contributed by atoms with Gasteiger partial charge in [0.25, 0.3) is 0 Å². The van der Waals surface area contributed by atoms with Crippen LogP contribution in [0.25, 0.3) is 11.3 Å². The summed E-state index contributed by atoms with van der Waals surface area (Å²) in [5.74, 6) is 4.72. The number of nitrogen functional groups attached to an aromatic ring is 1. The molecule has 3 aromatic rings. The van der Waals surface area contributed by atoms with Crippen LogP contribution in [-0.2, 0) is 18.7 Å². The van der Waals surface area contributed by atoms with Gasteiger partial charge in [-0.25, -0.2) is 4.98 Å². The zero-order valence-electron chi connectivity index (χ0n) is 15.9. The highest BCUT2D eigenvalue weighted by atomic mass is 32.2. The summed E-state index contributed by atoms with van der Waals surface area (Å²) in [5, 5.41) is 1.83. The average Bonchev–Trinajstić information content (AvgIpc) is 3.24. The molecule has 0 saturated carbocycles. The molecule has 3 rings (SSSR count). The van der Waals surface area contributed by atoms with E-state index in [1.54, 1.807) is 18.4 Å². The predicted molar refractivity (Wildman–Crippen MR) is 114 cm³/mol. The van der Waals surface area contributed by atoms with Crippen molar-refractivity contribution in [2.75, 3.05) is 32.7 Å². The number of rotatable bonds is 9. The normalized spacial score (nSPS) is 11.3. The molecule has 0 saturated heterocycles. The molecule has 0 bridgehead atoms. The van der Waals surface area contributed by atoms with Crippen molar-refractivity contribution in [1.29, 1.82) is 0 Å². The van der Waals surface area contributed by atoms with E-state index in [1.807, 2.05) is 50.1 Å². The van der Waals surface area contributed by atoms with Gasteiger partial charge in [-0.3, -0.25) is 0 Å². The number of hydrogen-bond acceptors (Lipinski definition) is 7. The number of thiazole rings is 1. The van der Waals surface area contributed by atoms with E-state index in [9.17, 15) is 0 Å². The van der Waals surface area contributed by atoms with Gasteiger partial charge in [0, 0.05) is 17.7 Å². The first-order valence-electron chi connectivity index (χ1n) is 8.75. The number of ether oxygens (including phenoxy) is 1. The Morgan fingerprint density at radius 2 is 1.89 bits per heavy atom. The van der Waals surface area contributed by atoms with Crippen LogP contribution in [0.3, 0.4) is 0 Å². The predicted octanol–water partition coefficient (Wildman–Crippen LogP) is 4.53. The van der Waals surface area contributed by atoms with E-state index in [0.29, 0.717) is 0 Å². The van der Waals surface area contributed by atoms with E-state index in [-0.39, 0.29) is 0 Å². The Balaban J connectivity index is 1.50. The summed E-state index contributed by atoms with van der Waals surface area (Å²) in [6, 6.07) is 12.0. The van der Waals surface area contributed by atoms with Crippen LogP contribution in [0.5, 0.6) is 5.75 Å². The number of nitrogens with two attached hydrogens (primary N) is 1. The second-order valence-electron chi connectivity index (χ2n) is 6.46. The summed E-state index contributed by atoms with van der Waals surface area (Å²) >= 11 is 3.42. The second-order valence-corrected chi connectivity index (χ2v) is 8.68. The first-order valence-corrected chi connectivity index (χ1v) is 10.7. The summed E-state index contributed by atoms with van der Waals surface area (Å²) in [6.45, 7) is 0.831. The molecule has 2 aromatic heterocycles. The van der Waals surface area contributed by atoms with Gasteiger partial charge in [0.15, 0.2) is 0 Å². The Kier molecular flexibility index (Phi) is 6.82. The molecule has 0 fully saturated rings. The molecule has 0 amide bonds. The van der Waals surface area contributed by atoms with Crippen LogP contribution < -0.4 is 10.5 Å². The Bertz CT molecular complexity index is 856. The third-order valence-electron chi connectivity index (χ3n) is 3.96. The van der Waals surface area contributed by atoms with Gasteiger partial charge in [0.2, 0.25) is 0 Å². The largest absolute Gasteiger partial charge is 0.497 e. The zero-order chi connectivity index (χ0) is 19.2. The molecular formula is C20H25N3O2S2. The maximum absolute atomic E-state index is 6.18. The monoisotopic (exact) mass is 403 g/mol. The third kappa shape index (κ3) is 5.51. The molecule has 0 aliphatic rings. The molecular weight excluding hydrogens is 378 g/mol. The first kappa shape index (κ1) is 19.8. The fraction of sp³-hybridized carbons (Fsp3) is 0.350. The minimum atomic E-state index is 0.763. The average molecular weight is 404 g/mol. The SMILES string of the molecule is COc1ccc(-c2nc(CCSCc3ccc(CN(C)C)o3)sc2N)cc1. The second kappa shape index (κ2) is 9.30. The minimum absolute atomic E-state index is 0.763. The van der Waals surface area contributed by atoms with Gasteiger partial charge >= 0.3 is 0 Å². The maximum atomic E-state index is 6.18. The van der Waals surface area contributed by atoms with E-state index in [2.05, 4.69) is 17.0 Å². The van der Waals surface area contributed by atoms with Crippen molar-refractivity contribution in [1.82, 2.24) is 9.88 Å². The molecule has 144 valence electrons. The Labute approximate surface area is 168 Å². The molecule has 0 spiro atoms. The summed E-state index contributed by atoms with van der Waals surface area (Å²) in [4.78, 5) is 6.83. The van der Waals surface area contributed by atoms with Crippen LogP contribution in [0.2, 0.25) is 0 Å². The molecule has 0 atom stereocenters. The van der Waals surface area contributed by atoms with Crippen LogP contribution in [0.4, 0.5) is 5.00 Å². The van der Waals surface area contributed by atoms with Gasteiger partial charge in [-0.2, -0.15) is 11.8 Å². The van der Waals surface area contributed by atoms with E-state index in [0.717, 1.165) is 63.0 Å². The van der Waals surface area contributed by atoms with Crippen LogP contribution >= 0.6 is 23.1 Å². The van der Waals surface area contributed by atoms with Gasteiger partial charge < -0.3 is 19.8 Å². The molecule has 7 heteroatoms.